The van der Waals surface area contributed by atoms with E-state index in [-0.39, 0.29) is 5.91 Å². The van der Waals surface area contributed by atoms with Crippen molar-refractivity contribution in [1.82, 2.24) is 14.5 Å². The smallest absolute Gasteiger partial charge is 0.253 e. The molecule has 5 heteroatoms. The van der Waals surface area contributed by atoms with Gasteiger partial charge in [-0.05, 0) is 54.3 Å². The van der Waals surface area contributed by atoms with E-state index in [2.05, 4.69) is 11.1 Å². The van der Waals surface area contributed by atoms with Gasteiger partial charge in [-0.2, -0.15) is 5.26 Å². The Kier molecular flexibility index (Phi) is 5.90. The molecule has 1 aromatic heterocycles. The minimum Gasteiger partial charge on any atom is -0.342 e. The van der Waals surface area contributed by atoms with Crippen molar-refractivity contribution in [2.24, 2.45) is 7.05 Å². The third-order valence-electron chi connectivity index (χ3n) is 4.94. The number of carbonyl (C=O) groups is 1. The summed E-state index contributed by atoms with van der Waals surface area (Å²) in [4.78, 5) is 18.9. The zero-order valence-electron chi connectivity index (χ0n) is 16.5. The summed E-state index contributed by atoms with van der Waals surface area (Å²) in [6.07, 6.45) is 5.43. The number of aryl methyl sites for hydroxylation is 3. The molecule has 0 bridgehead atoms. The highest BCUT2D eigenvalue weighted by molar-refractivity contribution is 5.95. The molecule has 3 aromatic rings. The maximum absolute atomic E-state index is 12.8. The van der Waals surface area contributed by atoms with Crippen LogP contribution in [-0.4, -0.2) is 34.0 Å². The predicted molar refractivity (Wildman–Crippen MR) is 110 cm³/mol. The summed E-state index contributed by atoms with van der Waals surface area (Å²) in [7, 11) is 3.81. The number of amides is 1. The summed E-state index contributed by atoms with van der Waals surface area (Å²) < 4.78 is 2.01. The van der Waals surface area contributed by atoms with Crippen molar-refractivity contribution in [3.8, 4) is 17.2 Å². The van der Waals surface area contributed by atoms with Crippen LogP contribution in [0.5, 0.6) is 0 Å². The first-order chi connectivity index (χ1) is 13.5. The maximum Gasteiger partial charge on any atom is 0.253 e. The Morgan fingerprint density at radius 3 is 2.75 bits per heavy atom. The molecule has 1 heterocycles. The zero-order chi connectivity index (χ0) is 20.1. The molecule has 0 fully saturated rings. The molecule has 0 saturated carbocycles. The predicted octanol–water partition coefficient (Wildman–Crippen LogP) is 3.97. The second-order valence-corrected chi connectivity index (χ2v) is 7.01. The first-order valence-electron chi connectivity index (χ1n) is 9.32. The van der Waals surface area contributed by atoms with Gasteiger partial charge in [-0.1, -0.05) is 18.2 Å². The van der Waals surface area contributed by atoms with E-state index < -0.39 is 0 Å². The fourth-order valence-electron chi connectivity index (χ4n) is 3.31. The molecule has 0 aliphatic carbocycles. The maximum atomic E-state index is 12.8. The standard InChI is InChI=1S/C23H24N4O/c1-17-14-18(16-24)9-10-21(17)19-6-4-7-20(15-19)23(28)27(3)12-5-8-22-25-11-13-26(22)2/h4,6-7,9-11,13-15H,5,8,12H2,1-3H3. The van der Waals surface area contributed by atoms with Crippen molar-refractivity contribution in [2.45, 2.75) is 19.8 Å². The van der Waals surface area contributed by atoms with E-state index in [1.165, 1.54) is 0 Å². The molecule has 0 unspecified atom stereocenters. The number of benzene rings is 2. The molecule has 0 aliphatic rings. The highest BCUT2D eigenvalue weighted by Crippen LogP contribution is 2.25. The number of carbonyl (C=O) groups excluding carboxylic acids is 1. The van der Waals surface area contributed by atoms with Gasteiger partial charge < -0.3 is 9.47 Å². The Morgan fingerprint density at radius 1 is 1.25 bits per heavy atom. The minimum atomic E-state index is 0.00740. The van der Waals surface area contributed by atoms with Crippen LogP contribution in [0.1, 0.15) is 33.7 Å². The number of imidazole rings is 1. The number of aromatic nitrogens is 2. The number of hydrogen-bond acceptors (Lipinski definition) is 3. The summed E-state index contributed by atoms with van der Waals surface area (Å²) in [5, 5.41) is 9.04. The molecule has 0 saturated heterocycles. The summed E-state index contributed by atoms with van der Waals surface area (Å²) in [6, 6.07) is 15.4. The lowest BCUT2D eigenvalue weighted by molar-refractivity contribution is 0.0793. The quantitative estimate of drug-likeness (QED) is 0.658. The Hall–Kier alpha value is -3.39. The van der Waals surface area contributed by atoms with Crippen molar-refractivity contribution in [2.75, 3.05) is 13.6 Å². The van der Waals surface area contributed by atoms with Crippen molar-refractivity contribution < 1.29 is 4.79 Å². The summed E-state index contributed by atoms with van der Waals surface area (Å²) in [5.41, 5.74) is 4.34. The van der Waals surface area contributed by atoms with Crippen LogP contribution in [0.3, 0.4) is 0 Å². The third-order valence-corrected chi connectivity index (χ3v) is 4.94. The van der Waals surface area contributed by atoms with Crippen LogP contribution in [0.15, 0.2) is 54.9 Å². The third kappa shape index (κ3) is 4.29. The van der Waals surface area contributed by atoms with Crippen molar-refractivity contribution in [3.63, 3.8) is 0 Å². The molecule has 1 amide bonds. The van der Waals surface area contributed by atoms with Gasteiger partial charge in [-0.15, -0.1) is 0 Å². The first kappa shape index (κ1) is 19.4. The molecule has 142 valence electrons. The van der Waals surface area contributed by atoms with E-state index in [4.69, 9.17) is 5.26 Å². The van der Waals surface area contributed by atoms with E-state index in [9.17, 15) is 4.79 Å². The largest absolute Gasteiger partial charge is 0.342 e. The van der Waals surface area contributed by atoms with Gasteiger partial charge in [0.1, 0.15) is 5.82 Å². The van der Waals surface area contributed by atoms with E-state index in [0.29, 0.717) is 17.7 Å². The number of nitrogens with zero attached hydrogens (tertiary/aromatic N) is 4. The van der Waals surface area contributed by atoms with Gasteiger partial charge >= 0.3 is 0 Å². The zero-order valence-corrected chi connectivity index (χ0v) is 16.5. The van der Waals surface area contributed by atoms with Crippen molar-refractivity contribution >= 4 is 5.91 Å². The Bertz CT molecular complexity index is 1030. The molecule has 0 aliphatic heterocycles. The molecule has 0 atom stereocenters. The fraction of sp³-hybridized carbons (Fsp3) is 0.261. The normalized spacial score (nSPS) is 10.5. The first-order valence-corrected chi connectivity index (χ1v) is 9.32. The second-order valence-electron chi connectivity index (χ2n) is 7.01. The monoisotopic (exact) mass is 372 g/mol. The summed E-state index contributed by atoms with van der Waals surface area (Å²) in [5.74, 6) is 1.03. The van der Waals surface area contributed by atoms with E-state index in [1.54, 1.807) is 17.2 Å². The van der Waals surface area contributed by atoms with Crippen molar-refractivity contribution in [1.29, 1.82) is 5.26 Å². The van der Waals surface area contributed by atoms with Gasteiger partial charge in [0.2, 0.25) is 0 Å². The number of rotatable bonds is 6. The second kappa shape index (κ2) is 8.53. The SMILES string of the molecule is Cc1cc(C#N)ccc1-c1cccc(C(=O)N(C)CCCc2nccn2C)c1. The Labute approximate surface area is 165 Å². The van der Waals surface area contributed by atoms with Crippen molar-refractivity contribution in [3.05, 3.63) is 77.4 Å². The Morgan fingerprint density at radius 2 is 2.07 bits per heavy atom. The lowest BCUT2D eigenvalue weighted by Crippen LogP contribution is -2.28. The molecular formula is C23H24N4O. The number of nitriles is 1. The fourth-order valence-corrected chi connectivity index (χ4v) is 3.31. The van der Waals surface area contributed by atoms with E-state index in [0.717, 1.165) is 35.4 Å². The minimum absolute atomic E-state index is 0.00740. The van der Waals surface area contributed by atoms with Crippen LogP contribution in [0.4, 0.5) is 0 Å². The highest BCUT2D eigenvalue weighted by atomic mass is 16.2. The van der Waals surface area contributed by atoms with Gasteiger partial charge in [0.05, 0.1) is 11.6 Å². The van der Waals surface area contributed by atoms with Crippen LogP contribution in [0, 0.1) is 18.3 Å². The average molecular weight is 372 g/mol. The lowest BCUT2D eigenvalue weighted by atomic mass is 9.97. The van der Waals surface area contributed by atoms with Gasteiger partial charge in [0, 0.05) is 45.0 Å². The van der Waals surface area contributed by atoms with Crippen LogP contribution in [-0.2, 0) is 13.5 Å². The van der Waals surface area contributed by atoms with E-state index >= 15 is 0 Å². The lowest BCUT2D eigenvalue weighted by Gasteiger charge is -2.18. The average Bonchev–Trinajstić information content (AvgIpc) is 3.12. The molecule has 3 rings (SSSR count). The molecule has 0 N–H and O–H groups in total. The van der Waals surface area contributed by atoms with Crippen LogP contribution < -0.4 is 0 Å². The van der Waals surface area contributed by atoms with Gasteiger partial charge in [-0.3, -0.25) is 4.79 Å². The molecule has 5 nitrogen and oxygen atoms in total. The van der Waals surface area contributed by atoms with Gasteiger partial charge in [-0.25, -0.2) is 4.98 Å². The van der Waals surface area contributed by atoms with E-state index in [1.807, 2.05) is 68.2 Å². The molecule has 0 spiro atoms. The van der Waals surface area contributed by atoms with Gasteiger partial charge in [0.25, 0.3) is 5.91 Å². The topological polar surface area (TPSA) is 61.9 Å². The summed E-state index contributed by atoms with van der Waals surface area (Å²) in [6.45, 7) is 2.65. The molecule has 28 heavy (non-hydrogen) atoms. The van der Waals surface area contributed by atoms with Crippen LogP contribution >= 0.6 is 0 Å². The number of hydrogen-bond donors (Lipinski definition) is 0. The molecule has 0 radical (unpaired) electrons. The van der Waals surface area contributed by atoms with Crippen LogP contribution in [0.25, 0.3) is 11.1 Å². The Balaban J connectivity index is 1.69. The highest BCUT2D eigenvalue weighted by Gasteiger charge is 2.13. The summed E-state index contributed by atoms with van der Waals surface area (Å²) >= 11 is 0. The van der Waals surface area contributed by atoms with Gasteiger partial charge in [0.15, 0.2) is 0 Å². The molecule has 2 aromatic carbocycles. The van der Waals surface area contributed by atoms with Crippen LogP contribution in [0.2, 0.25) is 0 Å². The molecular weight excluding hydrogens is 348 g/mol.